The highest BCUT2D eigenvalue weighted by Gasteiger charge is 2.24. The normalized spacial score (nSPS) is 14.2. The number of benzene rings is 1. The molecule has 1 aliphatic heterocycles. The number of hydrogen-bond acceptors (Lipinski definition) is 2. The Kier molecular flexibility index (Phi) is 4.82. The molecule has 2 heterocycles. The monoisotopic (exact) mass is 349 g/mol. The lowest BCUT2D eigenvalue weighted by molar-refractivity contribution is 0.915. The first-order chi connectivity index (χ1) is 10.7. The summed E-state index contributed by atoms with van der Waals surface area (Å²) in [7, 11) is 0. The quantitative estimate of drug-likeness (QED) is 0.588. The third-order valence-electron chi connectivity index (χ3n) is 4.02. The van der Waals surface area contributed by atoms with Crippen molar-refractivity contribution in [3.8, 4) is 11.1 Å². The van der Waals surface area contributed by atoms with E-state index in [0.29, 0.717) is 10.9 Å². The zero-order valence-electron chi connectivity index (χ0n) is 12.6. The van der Waals surface area contributed by atoms with Crippen molar-refractivity contribution in [1.29, 1.82) is 0 Å². The summed E-state index contributed by atoms with van der Waals surface area (Å²) in [6.45, 7) is 4.38. The van der Waals surface area contributed by atoms with E-state index in [-0.39, 0.29) is 0 Å². The molecule has 0 saturated heterocycles. The number of nitrogens with zero attached hydrogens (tertiary/aromatic N) is 1. The van der Waals surface area contributed by atoms with Gasteiger partial charge >= 0.3 is 0 Å². The molecule has 0 atom stereocenters. The van der Waals surface area contributed by atoms with Crippen LogP contribution in [0.1, 0.15) is 31.5 Å². The molecule has 3 rings (SSSR count). The summed E-state index contributed by atoms with van der Waals surface area (Å²) in [5.74, 6) is 0.329. The SMILES string of the molecule is CCC1=C(C)Sc2nc(CCl)c(Cl)c(-c3ccccc3)c2C1. The Morgan fingerprint density at radius 3 is 2.59 bits per heavy atom. The summed E-state index contributed by atoms with van der Waals surface area (Å²) in [5.41, 5.74) is 5.69. The van der Waals surface area contributed by atoms with Crippen molar-refractivity contribution in [2.75, 3.05) is 0 Å². The molecule has 0 unspecified atom stereocenters. The molecular weight excluding hydrogens is 333 g/mol. The van der Waals surface area contributed by atoms with Crippen LogP contribution in [0.15, 0.2) is 45.8 Å². The van der Waals surface area contributed by atoms with Crippen molar-refractivity contribution in [3.63, 3.8) is 0 Å². The van der Waals surface area contributed by atoms with Crippen molar-refractivity contribution in [1.82, 2.24) is 4.98 Å². The number of allylic oxidation sites excluding steroid dienone is 2. The molecule has 2 aromatic rings. The molecule has 0 bridgehead atoms. The van der Waals surface area contributed by atoms with E-state index < -0.39 is 0 Å². The molecule has 22 heavy (non-hydrogen) atoms. The number of halogens is 2. The molecule has 0 saturated carbocycles. The molecule has 4 heteroatoms. The average molecular weight is 350 g/mol. The average Bonchev–Trinajstić information content (AvgIpc) is 2.55. The standard InChI is InChI=1S/C18H17Cl2NS/c1-3-12-9-14-16(13-7-5-4-6-8-13)17(20)15(10-19)21-18(14)22-11(12)2/h4-8H,3,9-10H2,1-2H3. The van der Waals surface area contributed by atoms with Gasteiger partial charge in [0.2, 0.25) is 0 Å². The van der Waals surface area contributed by atoms with Gasteiger partial charge in [-0.2, -0.15) is 0 Å². The Hall–Kier alpha value is -0.960. The van der Waals surface area contributed by atoms with Gasteiger partial charge in [-0.05, 0) is 35.8 Å². The maximum atomic E-state index is 6.64. The molecule has 114 valence electrons. The van der Waals surface area contributed by atoms with E-state index in [1.54, 1.807) is 11.8 Å². The van der Waals surface area contributed by atoms with Crippen LogP contribution in [0.4, 0.5) is 0 Å². The van der Waals surface area contributed by atoms with Crippen LogP contribution in [-0.2, 0) is 12.3 Å². The van der Waals surface area contributed by atoms with E-state index in [9.17, 15) is 0 Å². The molecule has 1 aromatic carbocycles. The highest BCUT2D eigenvalue weighted by Crippen LogP contribution is 2.45. The summed E-state index contributed by atoms with van der Waals surface area (Å²) < 4.78 is 0. The zero-order chi connectivity index (χ0) is 15.7. The second-order valence-electron chi connectivity index (χ2n) is 5.32. The molecule has 0 N–H and O–H groups in total. The van der Waals surface area contributed by atoms with E-state index in [1.165, 1.54) is 16.0 Å². The molecule has 0 spiro atoms. The topological polar surface area (TPSA) is 12.9 Å². The molecular formula is C18H17Cl2NS. The van der Waals surface area contributed by atoms with Gasteiger partial charge in [0.05, 0.1) is 16.6 Å². The van der Waals surface area contributed by atoms with Gasteiger partial charge in [0, 0.05) is 5.56 Å². The van der Waals surface area contributed by atoms with Crippen LogP contribution < -0.4 is 0 Å². The minimum Gasteiger partial charge on any atom is -0.243 e. The van der Waals surface area contributed by atoms with E-state index in [0.717, 1.165) is 34.7 Å². The van der Waals surface area contributed by atoms with Gasteiger partial charge in [0.1, 0.15) is 5.03 Å². The predicted octanol–water partition coefficient (Wildman–Crippen LogP) is 6.47. The highest BCUT2D eigenvalue weighted by molar-refractivity contribution is 8.03. The second-order valence-corrected chi connectivity index (χ2v) is 7.17. The third kappa shape index (κ3) is 2.80. The van der Waals surface area contributed by atoms with Crippen LogP contribution in [0.3, 0.4) is 0 Å². The van der Waals surface area contributed by atoms with Gasteiger partial charge in [-0.15, -0.1) is 11.6 Å². The number of fused-ring (bicyclic) bond motifs is 1. The van der Waals surface area contributed by atoms with Crippen LogP contribution in [0, 0.1) is 0 Å². The second kappa shape index (κ2) is 6.66. The summed E-state index contributed by atoms with van der Waals surface area (Å²) in [6.07, 6.45) is 1.98. The molecule has 0 aliphatic carbocycles. The number of hydrogen-bond donors (Lipinski definition) is 0. The smallest absolute Gasteiger partial charge is 0.105 e. The highest BCUT2D eigenvalue weighted by atomic mass is 35.5. The molecule has 1 nitrogen and oxygen atoms in total. The van der Waals surface area contributed by atoms with E-state index >= 15 is 0 Å². The van der Waals surface area contributed by atoms with Gasteiger partial charge in [0.25, 0.3) is 0 Å². The number of pyridine rings is 1. The predicted molar refractivity (Wildman–Crippen MR) is 96.8 cm³/mol. The van der Waals surface area contributed by atoms with Crippen LogP contribution >= 0.6 is 35.0 Å². The van der Waals surface area contributed by atoms with Crippen LogP contribution in [-0.4, -0.2) is 4.98 Å². The van der Waals surface area contributed by atoms with Crippen LogP contribution in [0.2, 0.25) is 5.02 Å². The fourth-order valence-corrected chi connectivity index (χ4v) is 4.49. The van der Waals surface area contributed by atoms with Crippen molar-refractivity contribution in [3.05, 3.63) is 57.1 Å². The van der Waals surface area contributed by atoms with Crippen molar-refractivity contribution in [2.24, 2.45) is 0 Å². The van der Waals surface area contributed by atoms with Crippen molar-refractivity contribution < 1.29 is 0 Å². The number of rotatable bonds is 3. The lowest BCUT2D eigenvalue weighted by atomic mass is 9.94. The summed E-state index contributed by atoms with van der Waals surface area (Å²) in [5, 5.41) is 1.74. The maximum Gasteiger partial charge on any atom is 0.105 e. The summed E-state index contributed by atoms with van der Waals surface area (Å²) in [4.78, 5) is 6.05. The van der Waals surface area contributed by atoms with Crippen molar-refractivity contribution >= 4 is 35.0 Å². The van der Waals surface area contributed by atoms with E-state index in [2.05, 4.69) is 26.0 Å². The van der Waals surface area contributed by atoms with Gasteiger partial charge < -0.3 is 0 Å². The summed E-state index contributed by atoms with van der Waals surface area (Å²) in [6, 6.07) is 10.3. The third-order valence-corrected chi connectivity index (χ3v) is 5.81. The fraction of sp³-hybridized carbons (Fsp3) is 0.278. The lowest BCUT2D eigenvalue weighted by Crippen LogP contribution is -2.07. The first-order valence-corrected chi connectivity index (χ1v) is 9.07. The molecule has 0 fully saturated rings. The van der Waals surface area contributed by atoms with E-state index in [1.807, 2.05) is 18.2 Å². The zero-order valence-corrected chi connectivity index (χ0v) is 14.9. The maximum absolute atomic E-state index is 6.64. The molecule has 1 aromatic heterocycles. The fourth-order valence-electron chi connectivity index (χ4n) is 2.79. The minimum atomic E-state index is 0.329. The Morgan fingerprint density at radius 2 is 1.95 bits per heavy atom. The first-order valence-electron chi connectivity index (χ1n) is 7.34. The first kappa shape index (κ1) is 15.9. The van der Waals surface area contributed by atoms with Crippen LogP contribution in [0.5, 0.6) is 0 Å². The van der Waals surface area contributed by atoms with Gasteiger partial charge in [0.15, 0.2) is 0 Å². The molecule has 0 amide bonds. The molecule has 1 aliphatic rings. The number of alkyl halides is 1. The van der Waals surface area contributed by atoms with Gasteiger partial charge in [-0.1, -0.05) is 66.2 Å². The van der Waals surface area contributed by atoms with E-state index in [4.69, 9.17) is 28.2 Å². The Bertz CT molecular complexity index is 738. The number of thioether (sulfide) groups is 1. The Labute approximate surface area is 145 Å². The largest absolute Gasteiger partial charge is 0.243 e. The lowest BCUT2D eigenvalue weighted by Gasteiger charge is -2.24. The van der Waals surface area contributed by atoms with Gasteiger partial charge in [-0.25, -0.2) is 4.98 Å². The Balaban J connectivity index is 2.25. The Morgan fingerprint density at radius 1 is 1.23 bits per heavy atom. The molecule has 0 radical (unpaired) electrons. The summed E-state index contributed by atoms with van der Waals surface area (Å²) >= 11 is 14.4. The van der Waals surface area contributed by atoms with Crippen molar-refractivity contribution in [2.45, 2.75) is 37.6 Å². The van der Waals surface area contributed by atoms with Crippen LogP contribution in [0.25, 0.3) is 11.1 Å². The van der Waals surface area contributed by atoms with Gasteiger partial charge in [-0.3, -0.25) is 0 Å². The number of aromatic nitrogens is 1. The minimum absolute atomic E-state index is 0.329.